The van der Waals surface area contributed by atoms with Crippen molar-refractivity contribution in [2.24, 2.45) is 11.8 Å². The van der Waals surface area contributed by atoms with E-state index in [1.54, 1.807) is 0 Å². The Balaban J connectivity index is 2.57. The van der Waals surface area contributed by atoms with E-state index in [0.29, 0.717) is 17.9 Å². The van der Waals surface area contributed by atoms with Gasteiger partial charge in [-0.05, 0) is 52.9 Å². The number of pyridine rings is 1. The topological polar surface area (TPSA) is 24.9 Å². The third-order valence-corrected chi connectivity index (χ3v) is 3.46. The maximum Gasteiger partial charge on any atom is 0.0413 e. The maximum absolute atomic E-state index is 4.45. The molecule has 0 radical (unpaired) electrons. The van der Waals surface area contributed by atoms with Gasteiger partial charge in [-0.15, -0.1) is 0 Å². The Labute approximate surface area is 113 Å². The average molecular weight is 299 g/mol. The van der Waals surface area contributed by atoms with Crippen molar-refractivity contribution in [3.05, 3.63) is 28.5 Å². The number of rotatable bonds is 6. The Hall–Kier alpha value is -0.410. The molecule has 0 aliphatic heterocycles. The SMILES string of the molecule is CC(C)NCC(Cc1ccc(Br)cn1)C(C)C. The monoisotopic (exact) mass is 298 g/mol. The molecule has 0 amide bonds. The smallest absolute Gasteiger partial charge is 0.0413 e. The number of aromatic nitrogens is 1. The molecule has 0 fully saturated rings. The Kier molecular flexibility index (Phi) is 6.14. The van der Waals surface area contributed by atoms with Crippen molar-refractivity contribution in [2.75, 3.05) is 6.54 Å². The zero-order chi connectivity index (χ0) is 12.8. The molecule has 0 spiro atoms. The van der Waals surface area contributed by atoms with Gasteiger partial charge in [0.05, 0.1) is 0 Å². The zero-order valence-electron chi connectivity index (χ0n) is 11.2. The molecule has 96 valence electrons. The van der Waals surface area contributed by atoms with Crippen molar-refractivity contribution in [2.45, 2.75) is 40.2 Å². The van der Waals surface area contributed by atoms with E-state index in [0.717, 1.165) is 17.4 Å². The summed E-state index contributed by atoms with van der Waals surface area (Å²) in [5.74, 6) is 1.32. The number of hydrogen-bond donors (Lipinski definition) is 1. The maximum atomic E-state index is 4.45. The second-order valence-electron chi connectivity index (χ2n) is 5.24. The lowest BCUT2D eigenvalue weighted by Gasteiger charge is -2.22. The quantitative estimate of drug-likeness (QED) is 0.867. The van der Waals surface area contributed by atoms with Crippen molar-refractivity contribution in [1.29, 1.82) is 0 Å². The highest BCUT2D eigenvalue weighted by Gasteiger charge is 2.15. The predicted molar refractivity (Wildman–Crippen MR) is 77.1 cm³/mol. The second kappa shape index (κ2) is 7.12. The molecule has 17 heavy (non-hydrogen) atoms. The van der Waals surface area contributed by atoms with E-state index in [4.69, 9.17) is 0 Å². The van der Waals surface area contributed by atoms with Gasteiger partial charge in [-0.1, -0.05) is 27.7 Å². The third kappa shape index (κ3) is 5.64. The molecule has 0 aromatic carbocycles. The summed E-state index contributed by atoms with van der Waals surface area (Å²) in [4.78, 5) is 4.45. The highest BCUT2D eigenvalue weighted by molar-refractivity contribution is 9.10. The molecule has 1 heterocycles. The van der Waals surface area contributed by atoms with Crippen LogP contribution in [0.15, 0.2) is 22.8 Å². The number of nitrogens with zero attached hydrogens (tertiary/aromatic N) is 1. The standard InChI is InChI=1S/C14H23BrN2/c1-10(2)12(8-16-11(3)4)7-14-6-5-13(15)9-17-14/h5-6,9-12,16H,7-8H2,1-4H3. The largest absolute Gasteiger partial charge is 0.314 e. The first-order chi connectivity index (χ1) is 7.99. The molecular formula is C14H23BrN2. The fraction of sp³-hybridized carbons (Fsp3) is 0.643. The van der Waals surface area contributed by atoms with Crippen molar-refractivity contribution in [3.8, 4) is 0 Å². The van der Waals surface area contributed by atoms with Gasteiger partial charge in [0, 0.05) is 22.4 Å². The number of halogens is 1. The summed E-state index contributed by atoms with van der Waals surface area (Å²) in [6.45, 7) is 10.0. The van der Waals surface area contributed by atoms with Gasteiger partial charge in [-0.3, -0.25) is 4.98 Å². The molecule has 0 saturated heterocycles. The number of hydrogen-bond acceptors (Lipinski definition) is 2. The molecule has 0 saturated carbocycles. The summed E-state index contributed by atoms with van der Waals surface area (Å²) in [6.07, 6.45) is 2.92. The van der Waals surface area contributed by atoms with Gasteiger partial charge in [0.2, 0.25) is 0 Å². The van der Waals surface area contributed by atoms with Crippen LogP contribution in [0.25, 0.3) is 0 Å². The minimum Gasteiger partial charge on any atom is -0.314 e. The predicted octanol–water partition coefficient (Wildman–Crippen LogP) is 3.66. The lowest BCUT2D eigenvalue weighted by molar-refractivity contribution is 0.346. The highest BCUT2D eigenvalue weighted by atomic mass is 79.9. The molecule has 1 N–H and O–H groups in total. The van der Waals surface area contributed by atoms with Crippen LogP contribution in [0.5, 0.6) is 0 Å². The van der Waals surface area contributed by atoms with Crippen LogP contribution in [0, 0.1) is 11.8 Å². The molecule has 1 aromatic rings. The van der Waals surface area contributed by atoms with Crippen LogP contribution in [0.2, 0.25) is 0 Å². The Morgan fingerprint density at radius 1 is 1.24 bits per heavy atom. The van der Waals surface area contributed by atoms with Crippen LogP contribution in [0.4, 0.5) is 0 Å². The molecular weight excluding hydrogens is 276 g/mol. The first-order valence-corrected chi connectivity index (χ1v) is 7.12. The Morgan fingerprint density at radius 3 is 2.41 bits per heavy atom. The fourth-order valence-electron chi connectivity index (χ4n) is 1.73. The summed E-state index contributed by atoms with van der Waals surface area (Å²) in [7, 11) is 0. The Morgan fingerprint density at radius 2 is 1.94 bits per heavy atom. The van der Waals surface area contributed by atoms with E-state index in [1.807, 2.05) is 6.20 Å². The van der Waals surface area contributed by atoms with E-state index in [2.05, 4.69) is 66.1 Å². The van der Waals surface area contributed by atoms with E-state index in [-0.39, 0.29) is 0 Å². The van der Waals surface area contributed by atoms with Crippen LogP contribution >= 0.6 is 15.9 Å². The molecule has 3 heteroatoms. The normalized spacial score (nSPS) is 13.4. The molecule has 1 unspecified atom stereocenters. The number of nitrogens with one attached hydrogen (secondary N) is 1. The molecule has 1 atom stereocenters. The van der Waals surface area contributed by atoms with Crippen molar-refractivity contribution >= 4 is 15.9 Å². The second-order valence-corrected chi connectivity index (χ2v) is 6.15. The van der Waals surface area contributed by atoms with Gasteiger partial charge in [-0.2, -0.15) is 0 Å². The third-order valence-electron chi connectivity index (χ3n) is 2.99. The first-order valence-electron chi connectivity index (χ1n) is 6.33. The van der Waals surface area contributed by atoms with E-state index in [1.165, 1.54) is 5.69 Å². The fourth-order valence-corrected chi connectivity index (χ4v) is 1.96. The average Bonchev–Trinajstić information content (AvgIpc) is 2.26. The molecule has 0 aliphatic rings. The summed E-state index contributed by atoms with van der Waals surface area (Å²) in [6, 6.07) is 4.72. The molecule has 0 aliphatic carbocycles. The van der Waals surface area contributed by atoms with Crippen LogP contribution < -0.4 is 5.32 Å². The first kappa shape index (κ1) is 14.7. The molecule has 1 aromatic heterocycles. The summed E-state index contributed by atoms with van der Waals surface area (Å²) < 4.78 is 1.04. The van der Waals surface area contributed by atoms with Gasteiger partial charge in [0.1, 0.15) is 0 Å². The van der Waals surface area contributed by atoms with Crippen molar-refractivity contribution < 1.29 is 0 Å². The van der Waals surface area contributed by atoms with E-state index in [9.17, 15) is 0 Å². The molecule has 0 bridgehead atoms. The summed E-state index contributed by atoms with van der Waals surface area (Å²) in [5, 5.41) is 3.52. The van der Waals surface area contributed by atoms with Crippen molar-refractivity contribution in [3.63, 3.8) is 0 Å². The van der Waals surface area contributed by atoms with Crippen LogP contribution in [0.1, 0.15) is 33.4 Å². The van der Waals surface area contributed by atoms with Gasteiger partial charge in [0.25, 0.3) is 0 Å². The molecule has 1 rings (SSSR count). The van der Waals surface area contributed by atoms with E-state index >= 15 is 0 Å². The van der Waals surface area contributed by atoms with Gasteiger partial charge < -0.3 is 5.32 Å². The molecule has 2 nitrogen and oxygen atoms in total. The summed E-state index contributed by atoms with van der Waals surface area (Å²) in [5.41, 5.74) is 1.18. The Bertz CT molecular complexity index is 319. The summed E-state index contributed by atoms with van der Waals surface area (Å²) >= 11 is 3.42. The van der Waals surface area contributed by atoms with Gasteiger partial charge >= 0.3 is 0 Å². The van der Waals surface area contributed by atoms with Crippen LogP contribution in [-0.4, -0.2) is 17.6 Å². The van der Waals surface area contributed by atoms with E-state index < -0.39 is 0 Å². The minimum absolute atomic E-state index is 0.550. The lowest BCUT2D eigenvalue weighted by Crippen LogP contribution is -2.32. The van der Waals surface area contributed by atoms with Crippen LogP contribution in [0.3, 0.4) is 0 Å². The van der Waals surface area contributed by atoms with Crippen LogP contribution in [-0.2, 0) is 6.42 Å². The zero-order valence-corrected chi connectivity index (χ0v) is 12.8. The lowest BCUT2D eigenvalue weighted by atomic mass is 9.90. The minimum atomic E-state index is 0.550. The van der Waals surface area contributed by atoms with Gasteiger partial charge in [0.15, 0.2) is 0 Å². The highest BCUT2D eigenvalue weighted by Crippen LogP contribution is 2.17. The van der Waals surface area contributed by atoms with Crippen molar-refractivity contribution in [1.82, 2.24) is 10.3 Å². The van der Waals surface area contributed by atoms with Gasteiger partial charge in [-0.25, -0.2) is 0 Å².